The molecule has 0 saturated carbocycles. The smallest absolute Gasteiger partial charge is 0.347 e. The van der Waals surface area contributed by atoms with Gasteiger partial charge in [-0.05, 0) is 30.5 Å². The fourth-order valence-corrected chi connectivity index (χ4v) is 3.57. The van der Waals surface area contributed by atoms with E-state index in [0.29, 0.717) is 12.8 Å². The number of hydrogen-bond acceptors (Lipinski definition) is 4. The summed E-state index contributed by atoms with van der Waals surface area (Å²) in [6.07, 6.45) is 0.189. The molecule has 1 aliphatic heterocycles. The van der Waals surface area contributed by atoms with E-state index in [1.165, 1.54) is 0 Å². The maximum Gasteiger partial charge on any atom is 0.347 e. The quantitative estimate of drug-likeness (QED) is 0.695. The molecular weight excluding hydrogens is 342 g/mol. The number of aryl methyl sites for hydroxylation is 1. The zero-order chi connectivity index (χ0) is 18.8. The average Bonchev–Trinajstić information content (AvgIpc) is 3.20. The lowest BCUT2D eigenvalue weighted by Crippen LogP contribution is -2.22. The second-order valence-electron chi connectivity index (χ2n) is 6.85. The van der Waals surface area contributed by atoms with Crippen molar-refractivity contribution in [2.75, 3.05) is 0 Å². The van der Waals surface area contributed by atoms with Gasteiger partial charge >= 0.3 is 11.9 Å². The van der Waals surface area contributed by atoms with Crippen LogP contribution in [0, 0.1) is 0 Å². The first kappa shape index (κ1) is 17.3. The highest BCUT2D eigenvalue weighted by Gasteiger charge is 2.34. The van der Waals surface area contributed by atoms with Crippen LogP contribution in [0.4, 0.5) is 0 Å². The molecule has 4 rings (SSSR count). The molecule has 138 valence electrons. The Morgan fingerprint density at radius 1 is 1.15 bits per heavy atom. The van der Waals surface area contributed by atoms with E-state index in [2.05, 4.69) is 11.1 Å². The summed E-state index contributed by atoms with van der Waals surface area (Å²) in [5.41, 5.74) is 4.20. The van der Waals surface area contributed by atoms with E-state index in [-0.39, 0.29) is 18.5 Å². The fourth-order valence-electron chi connectivity index (χ4n) is 3.57. The summed E-state index contributed by atoms with van der Waals surface area (Å²) in [5.74, 6) is -0.830. The number of carbonyl (C=O) groups is 2. The summed E-state index contributed by atoms with van der Waals surface area (Å²) in [7, 11) is 0. The highest BCUT2D eigenvalue weighted by Crippen LogP contribution is 2.31. The lowest BCUT2D eigenvalue weighted by atomic mass is 10.0. The lowest BCUT2D eigenvalue weighted by Gasteiger charge is -2.09. The van der Waals surface area contributed by atoms with Crippen molar-refractivity contribution in [3.63, 3.8) is 0 Å². The van der Waals surface area contributed by atoms with Crippen molar-refractivity contribution >= 4 is 22.8 Å². The summed E-state index contributed by atoms with van der Waals surface area (Å²) < 4.78 is 10.4. The molecule has 1 N–H and O–H groups in total. The average molecular weight is 363 g/mol. The van der Waals surface area contributed by atoms with Gasteiger partial charge in [0.25, 0.3) is 0 Å². The van der Waals surface area contributed by atoms with Gasteiger partial charge in [-0.2, -0.15) is 0 Å². The van der Waals surface area contributed by atoms with Crippen molar-refractivity contribution in [1.29, 1.82) is 0 Å². The van der Waals surface area contributed by atoms with Crippen LogP contribution < -0.4 is 0 Å². The molecule has 27 heavy (non-hydrogen) atoms. The number of ether oxygens (including phenoxy) is 2. The molecule has 2 atom stereocenters. The van der Waals surface area contributed by atoms with Crippen LogP contribution in [0.25, 0.3) is 22.2 Å². The predicted octanol–water partition coefficient (Wildman–Crippen LogP) is 4.01. The highest BCUT2D eigenvalue weighted by atomic mass is 16.6. The Hall–Kier alpha value is -3.08. The Balaban J connectivity index is 1.54. The van der Waals surface area contributed by atoms with Crippen molar-refractivity contribution in [2.45, 2.75) is 38.4 Å². The molecule has 0 spiro atoms. The number of nitrogens with one attached hydrogen (secondary N) is 1. The Morgan fingerprint density at radius 2 is 1.89 bits per heavy atom. The van der Waals surface area contributed by atoms with Gasteiger partial charge in [0.05, 0.1) is 0 Å². The highest BCUT2D eigenvalue weighted by molar-refractivity contribution is 5.91. The van der Waals surface area contributed by atoms with Gasteiger partial charge in [0.2, 0.25) is 6.10 Å². The van der Waals surface area contributed by atoms with E-state index in [4.69, 9.17) is 9.47 Å². The minimum absolute atomic E-state index is 0.200. The molecular formula is C22H21NO4. The number of fused-ring (bicyclic) bond motifs is 1. The third-order valence-electron chi connectivity index (χ3n) is 4.86. The second kappa shape index (κ2) is 7.27. The molecule has 0 amide bonds. The number of H-pyrrole nitrogens is 1. The van der Waals surface area contributed by atoms with Crippen LogP contribution in [-0.4, -0.2) is 29.1 Å². The molecule has 1 fully saturated rings. The van der Waals surface area contributed by atoms with Gasteiger partial charge in [0.15, 0.2) is 0 Å². The minimum Gasteiger partial charge on any atom is -0.460 e. The molecule has 2 unspecified atom stereocenters. The molecule has 1 aliphatic rings. The first-order valence-electron chi connectivity index (χ1n) is 9.17. The first-order valence-corrected chi connectivity index (χ1v) is 9.17. The standard InChI is InChI=1S/C22H21NO4/c1-14-13-19(22(25)26-14)27-20(24)12-11-17-16-9-5-6-10-18(16)23-21(17)15-7-3-2-4-8-15/h2-10,14,19,23H,11-13H2,1H3. The number of benzene rings is 2. The van der Waals surface area contributed by atoms with E-state index >= 15 is 0 Å². The minimum atomic E-state index is -0.774. The van der Waals surface area contributed by atoms with Crippen LogP contribution in [0.2, 0.25) is 0 Å². The molecule has 2 heterocycles. The van der Waals surface area contributed by atoms with Gasteiger partial charge in [-0.1, -0.05) is 48.5 Å². The van der Waals surface area contributed by atoms with E-state index in [1.807, 2.05) is 48.5 Å². The topological polar surface area (TPSA) is 68.4 Å². The summed E-state index contributed by atoms with van der Waals surface area (Å²) in [6.45, 7) is 1.80. The normalized spacial score (nSPS) is 19.2. The number of esters is 2. The van der Waals surface area contributed by atoms with Gasteiger partial charge in [0.1, 0.15) is 6.10 Å². The van der Waals surface area contributed by atoms with Crippen molar-refractivity contribution in [3.8, 4) is 11.3 Å². The van der Waals surface area contributed by atoms with E-state index in [0.717, 1.165) is 27.7 Å². The summed E-state index contributed by atoms with van der Waals surface area (Å²) in [5, 5.41) is 1.10. The van der Waals surface area contributed by atoms with Crippen LogP contribution in [-0.2, 0) is 25.5 Å². The Kier molecular flexibility index (Phi) is 4.67. The van der Waals surface area contributed by atoms with Crippen molar-refractivity contribution < 1.29 is 19.1 Å². The number of hydrogen-bond donors (Lipinski definition) is 1. The van der Waals surface area contributed by atoms with Crippen molar-refractivity contribution in [2.24, 2.45) is 0 Å². The van der Waals surface area contributed by atoms with E-state index < -0.39 is 12.1 Å². The van der Waals surface area contributed by atoms with Gasteiger partial charge in [0, 0.05) is 29.4 Å². The summed E-state index contributed by atoms with van der Waals surface area (Å²) in [6, 6.07) is 18.1. The number of aromatic amines is 1. The molecule has 1 saturated heterocycles. The number of cyclic esters (lactones) is 1. The van der Waals surface area contributed by atoms with Crippen LogP contribution in [0.3, 0.4) is 0 Å². The summed E-state index contributed by atoms with van der Waals surface area (Å²) in [4.78, 5) is 27.4. The summed E-state index contributed by atoms with van der Waals surface area (Å²) >= 11 is 0. The Morgan fingerprint density at radius 3 is 2.63 bits per heavy atom. The Bertz CT molecular complexity index is 976. The second-order valence-corrected chi connectivity index (χ2v) is 6.85. The van der Waals surface area contributed by atoms with Crippen molar-refractivity contribution in [3.05, 3.63) is 60.2 Å². The number of rotatable bonds is 5. The fraction of sp³-hybridized carbons (Fsp3) is 0.273. The largest absolute Gasteiger partial charge is 0.460 e. The van der Waals surface area contributed by atoms with Gasteiger partial charge in [-0.25, -0.2) is 4.79 Å². The maximum atomic E-state index is 12.3. The Labute approximate surface area is 157 Å². The third kappa shape index (κ3) is 3.58. The molecule has 1 aromatic heterocycles. The molecule has 0 bridgehead atoms. The van der Waals surface area contributed by atoms with Crippen LogP contribution in [0.1, 0.15) is 25.3 Å². The monoisotopic (exact) mass is 363 g/mol. The number of para-hydroxylation sites is 1. The molecule has 0 aliphatic carbocycles. The molecule has 5 nitrogen and oxygen atoms in total. The lowest BCUT2D eigenvalue weighted by molar-refractivity contribution is -0.160. The molecule has 2 aromatic carbocycles. The number of carbonyl (C=O) groups excluding carboxylic acids is 2. The van der Waals surface area contributed by atoms with Gasteiger partial charge in [-0.15, -0.1) is 0 Å². The van der Waals surface area contributed by atoms with Crippen molar-refractivity contribution in [1.82, 2.24) is 4.98 Å². The van der Waals surface area contributed by atoms with Gasteiger partial charge < -0.3 is 14.5 Å². The number of aromatic nitrogens is 1. The third-order valence-corrected chi connectivity index (χ3v) is 4.86. The zero-order valence-corrected chi connectivity index (χ0v) is 15.1. The van der Waals surface area contributed by atoms with E-state index in [1.54, 1.807) is 6.92 Å². The van der Waals surface area contributed by atoms with E-state index in [9.17, 15) is 9.59 Å². The molecule has 3 aromatic rings. The van der Waals surface area contributed by atoms with Crippen LogP contribution >= 0.6 is 0 Å². The maximum absolute atomic E-state index is 12.3. The SMILES string of the molecule is CC1CC(OC(=O)CCc2c(-c3ccccc3)[nH]c3ccccc23)C(=O)O1. The first-order chi connectivity index (χ1) is 13.1. The van der Waals surface area contributed by atoms with Gasteiger partial charge in [-0.3, -0.25) is 4.79 Å². The molecule has 0 radical (unpaired) electrons. The molecule has 5 heteroatoms. The zero-order valence-electron chi connectivity index (χ0n) is 15.1. The van der Waals surface area contributed by atoms with Crippen LogP contribution in [0.15, 0.2) is 54.6 Å². The van der Waals surface area contributed by atoms with Crippen LogP contribution in [0.5, 0.6) is 0 Å². The predicted molar refractivity (Wildman–Crippen MR) is 102 cm³/mol.